The predicted molar refractivity (Wildman–Crippen MR) is 83.4 cm³/mol. The van der Waals surface area contributed by atoms with Gasteiger partial charge in [-0.05, 0) is 17.5 Å². The molecule has 0 unspecified atom stereocenters. The molecular weight excluding hydrogens is 264 g/mol. The van der Waals surface area contributed by atoms with Crippen molar-refractivity contribution in [2.75, 3.05) is 26.3 Å². The summed E-state index contributed by atoms with van der Waals surface area (Å²) < 4.78 is 7.50. The standard InChI is InChI=1S/C17H22N2O2/c1-13(11-17(20)19-7-9-21-10-8-19)16-12-14-5-3-4-6-15(14)18(16)2/h3-6,12-13H,7-11H2,1-2H3/t13-/m0/s1. The zero-order valence-electron chi connectivity index (χ0n) is 12.7. The van der Waals surface area contributed by atoms with E-state index in [0.29, 0.717) is 19.6 Å². The Bertz CT molecular complexity index is 641. The van der Waals surface area contributed by atoms with E-state index in [2.05, 4.69) is 48.9 Å². The first kappa shape index (κ1) is 14.1. The SMILES string of the molecule is C[C@@H](CC(=O)N1CCOCC1)c1cc2ccccc2n1C. The second-order valence-corrected chi connectivity index (χ2v) is 5.79. The Hall–Kier alpha value is -1.81. The first-order valence-electron chi connectivity index (χ1n) is 7.56. The van der Waals surface area contributed by atoms with Crippen molar-refractivity contribution in [3.63, 3.8) is 0 Å². The molecule has 4 heteroatoms. The maximum atomic E-state index is 12.4. The van der Waals surface area contributed by atoms with E-state index in [-0.39, 0.29) is 11.8 Å². The first-order valence-corrected chi connectivity index (χ1v) is 7.56. The number of amides is 1. The molecule has 0 aliphatic carbocycles. The third kappa shape index (κ3) is 2.81. The van der Waals surface area contributed by atoms with Gasteiger partial charge in [0.2, 0.25) is 5.91 Å². The zero-order valence-corrected chi connectivity index (χ0v) is 12.7. The van der Waals surface area contributed by atoms with Crippen LogP contribution in [0.5, 0.6) is 0 Å². The van der Waals surface area contributed by atoms with Crippen molar-refractivity contribution in [2.45, 2.75) is 19.3 Å². The van der Waals surface area contributed by atoms with Crippen molar-refractivity contribution < 1.29 is 9.53 Å². The highest BCUT2D eigenvalue weighted by molar-refractivity contribution is 5.82. The average molecular weight is 286 g/mol. The number of hydrogen-bond acceptors (Lipinski definition) is 2. The Morgan fingerprint density at radius 3 is 2.71 bits per heavy atom. The van der Waals surface area contributed by atoms with E-state index in [4.69, 9.17) is 4.74 Å². The summed E-state index contributed by atoms with van der Waals surface area (Å²) in [5, 5.41) is 1.24. The molecule has 1 aromatic heterocycles. The molecule has 1 fully saturated rings. The van der Waals surface area contributed by atoms with E-state index >= 15 is 0 Å². The fourth-order valence-electron chi connectivity index (χ4n) is 3.09. The van der Waals surface area contributed by atoms with Gasteiger partial charge in [0.15, 0.2) is 0 Å². The Kier molecular flexibility index (Phi) is 3.97. The smallest absolute Gasteiger partial charge is 0.223 e. The van der Waals surface area contributed by atoms with Gasteiger partial charge in [0.1, 0.15) is 0 Å². The van der Waals surface area contributed by atoms with Crippen molar-refractivity contribution in [1.82, 2.24) is 9.47 Å². The third-order valence-electron chi connectivity index (χ3n) is 4.34. The van der Waals surface area contributed by atoms with Gasteiger partial charge in [0, 0.05) is 43.7 Å². The monoisotopic (exact) mass is 286 g/mol. The van der Waals surface area contributed by atoms with Gasteiger partial charge in [0.05, 0.1) is 13.2 Å². The number of hydrogen-bond donors (Lipinski definition) is 0. The normalized spacial score (nSPS) is 17.1. The minimum atomic E-state index is 0.220. The lowest BCUT2D eigenvalue weighted by Crippen LogP contribution is -2.41. The second kappa shape index (κ2) is 5.90. The van der Waals surface area contributed by atoms with Crippen LogP contribution in [0.3, 0.4) is 0 Å². The summed E-state index contributed by atoms with van der Waals surface area (Å²) in [7, 11) is 2.08. The highest BCUT2D eigenvalue weighted by Crippen LogP contribution is 2.26. The summed E-state index contributed by atoms with van der Waals surface area (Å²) in [5.41, 5.74) is 2.44. The number of ether oxygens (including phenoxy) is 1. The fraction of sp³-hybridized carbons (Fsp3) is 0.471. The molecule has 3 rings (SSSR count). The summed E-state index contributed by atoms with van der Waals surface area (Å²) >= 11 is 0. The summed E-state index contributed by atoms with van der Waals surface area (Å²) in [6, 6.07) is 10.5. The Labute approximate surface area is 125 Å². The minimum Gasteiger partial charge on any atom is -0.378 e. The van der Waals surface area contributed by atoms with E-state index in [1.165, 1.54) is 16.6 Å². The number of benzene rings is 1. The van der Waals surface area contributed by atoms with Crippen LogP contribution in [-0.2, 0) is 16.6 Å². The van der Waals surface area contributed by atoms with Crippen LogP contribution in [0.15, 0.2) is 30.3 Å². The zero-order chi connectivity index (χ0) is 14.8. The molecule has 0 bridgehead atoms. The van der Waals surface area contributed by atoms with E-state index in [1.54, 1.807) is 0 Å². The van der Waals surface area contributed by atoms with Crippen molar-refractivity contribution in [3.8, 4) is 0 Å². The number of aromatic nitrogens is 1. The molecule has 112 valence electrons. The van der Waals surface area contributed by atoms with E-state index in [1.807, 2.05) is 4.90 Å². The van der Waals surface area contributed by atoms with Crippen LogP contribution in [0.1, 0.15) is 25.0 Å². The van der Waals surface area contributed by atoms with Crippen molar-refractivity contribution in [1.29, 1.82) is 0 Å². The molecule has 2 aromatic rings. The largest absolute Gasteiger partial charge is 0.378 e. The number of carbonyl (C=O) groups excluding carboxylic acids is 1. The van der Waals surface area contributed by atoms with Gasteiger partial charge in [0.25, 0.3) is 0 Å². The van der Waals surface area contributed by atoms with Crippen LogP contribution in [0.25, 0.3) is 10.9 Å². The third-order valence-corrected chi connectivity index (χ3v) is 4.34. The van der Waals surface area contributed by atoms with Gasteiger partial charge in [-0.15, -0.1) is 0 Å². The predicted octanol–water partition coefficient (Wildman–Crippen LogP) is 2.53. The van der Waals surface area contributed by atoms with E-state index in [0.717, 1.165) is 13.1 Å². The first-order chi connectivity index (χ1) is 10.2. The molecule has 0 saturated carbocycles. The summed E-state index contributed by atoms with van der Waals surface area (Å²) in [6.45, 7) is 4.90. The molecule has 1 aliphatic rings. The molecule has 0 radical (unpaired) electrons. The summed E-state index contributed by atoms with van der Waals surface area (Å²) in [4.78, 5) is 14.3. The van der Waals surface area contributed by atoms with Crippen molar-refractivity contribution in [2.24, 2.45) is 7.05 Å². The molecule has 21 heavy (non-hydrogen) atoms. The topological polar surface area (TPSA) is 34.5 Å². The number of para-hydroxylation sites is 1. The van der Waals surface area contributed by atoms with Crippen LogP contribution in [0, 0.1) is 0 Å². The lowest BCUT2D eigenvalue weighted by Gasteiger charge is -2.28. The van der Waals surface area contributed by atoms with Gasteiger partial charge >= 0.3 is 0 Å². The molecule has 1 aromatic carbocycles. The molecule has 0 N–H and O–H groups in total. The summed E-state index contributed by atoms with van der Waals surface area (Å²) in [6.07, 6.45) is 0.560. The molecule has 1 atom stereocenters. The minimum absolute atomic E-state index is 0.220. The number of morpholine rings is 1. The van der Waals surface area contributed by atoms with Gasteiger partial charge in [-0.3, -0.25) is 4.79 Å². The highest BCUT2D eigenvalue weighted by atomic mass is 16.5. The maximum Gasteiger partial charge on any atom is 0.223 e. The number of carbonyl (C=O) groups is 1. The van der Waals surface area contributed by atoms with Crippen molar-refractivity contribution in [3.05, 3.63) is 36.0 Å². The highest BCUT2D eigenvalue weighted by Gasteiger charge is 2.21. The molecule has 1 aliphatic heterocycles. The molecule has 1 saturated heterocycles. The Balaban J connectivity index is 1.75. The number of aryl methyl sites for hydroxylation is 1. The van der Waals surface area contributed by atoms with E-state index in [9.17, 15) is 4.79 Å². The number of rotatable bonds is 3. The molecule has 2 heterocycles. The molecular formula is C17H22N2O2. The van der Waals surface area contributed by atoms with Crippen LogP contribution in [0.4, 0.5) is 0 Å². The van der Waals surface area contributed by atoms with Crippen LogP contribution in [-0.4, -0.2) is 41.7 Å². The second-order valence-electron chi connectivity index (χ2n) is 5.79. The lowest BCUT2D eigenvalue weighted by atomic mass is 10.0. The lowest BCUT2D eigenvalue weighted by molar-refractivity contribution is -0.135. The van der Waals surface area contributed by atoms with Gasteiger partial charge in [-0.25, -0.2) is 0 Å². The molecule has 4 nitrogen and oxygen atoms in total. The van der Waals surface area contributed by atoms with Crippen LogP contribution in [0.2, 0.25) is 0 Å². The van der Waals surface area contributed by atoms with E-state index < -0.39 is 0 Å². The van der Waals surface area contributed by atoms with Gasteiger partial charge in [-0.1, -0.05) is 25.1 Å². The summed E-state index contributed by atoms with van der Waals surface area (Å²) in [5.74, 6) is 0.453. The Morgan fingerprint density at radius 2 is 2.00 bits per heavy atom. The van der Waals surface area contributed by atoms with Gasteiger partial charge < -0.3 is 14.2 Å². The fourth-order valence-corrected chi connectivity index (χ4v) is 3.09. The number of nitrogens with zero attached hydrogens (tertiary/aromatic N) is 2. The van der Waals surface area contributed by atoms with Crippen molar-refractivity contribution >= 4 is 16.8 Å². The molecule has 1 amide bonds. The van der Waals surface area contributed by atoms with Crippen LogP contribution >= 0.6 is 0 Å². The van der Waals surface area contributed by atoms with Crippen LogP contribution < -0.4 is 0 Å². The quantitative estimate of drug-likeness (QED) is 0.869. The molecule has 0 spiro atoms. The maximum absolute atomic E-state index is 12.4. The van der Waals surface area contributed by atoms with Gasteiger partial charge in [-0.2, -0.15) is 0 Å². The number of fused-ring (bicyclic) bond motifs is 1. The average Bonchev–Trinajstić information content (AvgIpc) is 2.86. The Morgan fingerprint density at radius 1 is 1.29 bits per heavy atom.